The van der Waals surface area contributed by atoms with E-state index in [4.69, 9.17) is 4.74 Å². The second-order valence-electron chi connectivity index (χ2n) is 3.36. The van der Waals surface area contributed by atoms with E-state index in [0.717, 1.165) is 22.2 Å². The molecule has 0 saturated heterocycles. The van der Waals surface area contributed by atoms with Gasteiger partial charge in [-0.2, -0.15) is 0 Å². The summed E-state index contributed by atoms with van der Waals surface area (Å²) < 4.78 is 4.74. The molecule has 1 aliphatic rings. The van der Waals surface area contributed by atoms with Crippen LogP contribution in [0.3, 0.4) is 0 Å². The van der Waals surface area contributed by atoms with Crippen molar-refractivity contribution in [1.29, 1.82) is 0 Å². The molecule has 16 heavy (non-hydrogen) atoms. The summed E-state index contributed by atoms with van der Waals surface area (Å²) in [6.07, 6.45) is 4.44. The summed E-state index contributed by atoms with van der Waals surface area (Å²) in [5.74, 6) is 0.593. The highest BCUT2D eigenvalue weighted by atomic mass is 32.2. The number of thioether (sulfide) groups is 2. The minimum Gasteiger partial charge on any atom is -0.468 e. The molecule has 4 nitrogen and oxygen atoms in total. The zero-order valence-electron chi connectivity index (χ0n) is 9.10. The summed E-state index contributed by atoms with van der Waals surface area (Å²) in [5.41, 5.74) is 2.11. The maximum absolute atomic E-state index is 11.4. The molecule has 0 unspecified atom stereocenters. The van der Waals surface area contributed by atoms with Gasteiger partial charge in [0.05, 0.1) is 12.8 Å². The first-order valence-corrected chi connectivity index (χ1v) is 7.10. The number of fused-ring (bicyclic) bond motifs is 1. The normalized spacial score (nSPS) is 19.0. The summed E-state index contributed by atoms with van der Waals surface area (Å²) in [7, 11) is 1.42. The molecule has 0 spiro atoms. The third kappa shape index (κ3) is 2.32. The highest BCUT2D eigenvalue weighted by molar-refractivity contribution is 8.00. The highest BCUT2D eigenvalue weighted by Gasteiger charge is 2.27. The summed E-state index contributed by atoms with van der Waals surface area (Å²) in [5, 5.41) is 0.678. The van der Waals surface area contributed by atoms with E-state index in [0.29, 0.717) is 6.42 Å². The van der Waals surface area contributed by atoms with Crippen LogP contribution in [0.15, 0.2) is 11.4 Å². The average Bonchev–Trinajstić information content (AvgIpc) is 2.36. The van der Waals surface area contributed by atoms with Crippen LogP contribution in [0.1, 0.15) is 11.3 Å². The van der Waals surface area contributed by atoms with E-state index < -0.39 is 0 Å². The predicted molar refractivity (Wildman–Crippen MR) is 64.6 cm³/mol. The van der Waals surface area contributed by atoms with Gasteiger partial charge in [0.1, 0.15) is 5.25 Å². The first-order valence-electron chi connectivity index (χ1n) is 4.82. The maximum Gasteiger partial charge on any atom is 0.319 e. The van der Waals surface area contributed by atoms with Crippen molar-refractivity contribution in [3.05, 3.63) is 17.5 Å². The van der Waals surface area contributed by atoms with E-state index in [9.17, 15) is 4.79 Å². The van der Waals surface area contributed by atoms with Gasteiger partial charge in [-0.25, -0.2) is 9.97 Å². The Kier molecular flexibility index (Phi) is 3.70. The van der Waals surface area contributed by atoms with Crippen LogP contribution in [0.4, 0.5) is 0 Å². The van der Waals surface area contributed by atoms with Gasteiger partial charge in [-0.1, -0.05) is 11.8 Å². The van der Waals surface area contributed by atoms with E-state index in [1.165, 1.54) is 18.9 Å². The number of methoxy groups -OCH3 is 1. The van der Waals surface area contributed by atoms with Gasteiger partial charge in [-0.15, -0.1) is 11.8 Å². The molecule has 0 bridgehead atoms. The molecule has 0 saturated carbocycles. The zero-order valence-corrected chi connectivity index (χ0v) is 10.7. The van der Waals surface area contributed by atoms with Crippen LogP contribution in [-0.4, -0.2) is 34.6 Å². The Morgan fingerprint density at radius 3 is 3.19 bits per heavy atom. The molecule has 0 N–H and O–H groups in total. The Morgan fingerprint density at radius 2 is 2.50 bits per heavy atom. The summed E-state index contributed by atoms with van der Waals surface area (Å²) >= 11 is 3.11. The van der Waals surface area contributed by atoms with Gasteiger partial charge in [0, 0.05) is 11.9 Å². The van der Waals surface area contributed by atoms with Crippen LogP contribution in [0.25, 0.3) is 0 Å². The number of esters is 1. The van der Waals surface area contributed by atoms with Crippen LogP contribution in [0.2, 0.25) is 0 Å². The molecular formula is C10H12N2O2S2. The Hall–Kier alpha value is -0.750. The second-order valence-corrected chi connectivity index (χ2v) is 5.32. The van der Waals surface area contributed by atoms with Gasteiger partial charge in [0.2, 0.25) is 0 Å². The topological polar surface area (TPSA) is 52.1 Å². The van der Waals surface area contributed by atoms with Gasteiger partial charge >= 0.3 is 5.97 Å². The third-order valence-electron chi connectivity index (χ3n) is 2.41. The lowest BCUT2D eigenvalue weighted by molar-refractivity contribution is -0.139. The lowest BCUT2D eigenvalue weighted by Crippen LogP contribution is -2.25. The second kappa shape index (κ2) is 5.05. The van der Waals surface area contributed by atoms with Crippen molar-refractivity contribution < 1.29 is 9.53 Å². The molecule has 0 fully saturated rings. The number of nitrogens with zero attached hydrogens (tertiary/aromatic N) is 2. The summed E-state index contributed by atoms with van der Waals surface area (Å²) in [6, 6.07) is 0. The molecule has 0 aromatic carbocycles. The Morgan fingerprint density at radius 1 is 1.69 bits per heavy atom. The maximum atomic E-state index is 11.4. The summed E-state index contributed by atoms with van der Waals surface area (Å²) in [4.78, 5) is 20.1. The average molecular weight is 256 g/mol. The molecule has 1 aliphatic heterocycles. The molecule has 0 aliphatic carbocycles. The van der Waals surface area contributed by atoms with Crippen LogP contribution in [0, 0.1) is 0 Å². The van der Waals surface area contributed by atoms with E-state index >= 15 is 0 Å². The minimum atomic E-state index is -0.162. The quantitative estimate of drug-likeness (QED) is 0.454. The van der Waals surface area contributed by atoms with Crippen LogP contribution < -0.4 is 0 Å². The van der Waals surface area contributed by atoms with Crippen molar-refractivity contribution in [2.75, 3.05) is 13.4 Å². The number of carbonyl (C=O) groups is 1. The standard InChI is InChI=1S/C10H12N2O2S2/c1-14-9(13)8-3-6-4-11-10(15-2)12-7(6)5-16-8/h4,8H,3,5H2,1-2H3/t8-/m0/s1. The van der Waals surface area contributed by atoms with E-state index in [-0.39, 0.29) is 11.2 Å². The zero-order chi connectivity index (χ0) is 11.5. The first kappa shape index (κ1) is 11.7. The van der Waals surface area contributed by atoms with Crippen LogP contribution in [0.5, 0.6) is 0 Å². The number of rotatable bonds is 2. The van der Waals surface area contributed by atoms with Crippen molar-refractivity contribution in [3.63, 3.8) is 0 Å². The fraction of sp³-hybridized carbons (Fsp3) is 0.500. The molecule has 0 radical (unpaired) electrons. The molecule has 6 heteroatoms. The number of hydrogen-bond acceptors (Lipinski definition) is 6. The van der Waals surface area contributed by atoms with Crippen molar-refractivity contribution in [2.24, 2.45) is 0 Å². The minimum absolute atomic E-state index is 0.110. The molecular weight excluding hydrogens is 244 g/mol. The highest BCUT2D eigenvalue weighted by Crippen LogP contribution is 2.30. The van der Waals surface area contributed by atoms with Crippen molar-refractivity contribution in [2.45, 2.75) is 22.6 Å². The van der Waals surface area contributed by atoms with Crippen LogP contribution >= 0.6 is 23.5 Å². The molecule has 1 aromatic heterocycles. The number of hydrogen-bond donors (Lipinski definition) is 0. The molecule has 2 rings (SSSR count). The number of aromatic nitrogens is 2. The van der Waals surface area contributed by atoms with Crippen molar-refractivity contribution in [3.8, 4) is 0 Å². The van der Waals surface area contributed by atoms with Crippen molar-refractivity contribution >= 4 is 29.5 Å². The van der Waals surface area contributed by atoms with Gasteiger partial charge in [0.15, 0.2) is 5.16 Å². The third-order valence-corrected chi connectivity index (χ3v) is 4.17. The van der Waals surface area contributed by atoms with Crippen molar-refractivity contribution in [1.82, 2.24) is 9.97 Å². The molecule has 0 amide bonds. The fourth-order valence-corrected chi connectivity index (χ4v) is 3.04. The Bertz CT molecular complexity index is 412. The van der Waals surface area contributed by atoms with E-state index in [1.807, 2.05) is 12.5 Å². The fourth-order valence-electron chi connectivity index (χ4n) is 1.54. The van der Waals surface area contributed by atoms with E-state index in [2.05, 4.69) is 9.97 Å². The summed E-state index contributed by atoms with van der Waals surface area (Å²) in [6.45, 7) is 0. The lowest BCUT2D eigenvalue weighted by Gasteiger charge is -2.21. The van der Waals surface area contributed by atoms with Gasteiger partial charge in [-0.05, 0) is 18.2 Å². The Labute approximate surface area is 103 Å². The number of ether oxygens (including phenoxy) is 1. The molecule has 86 valence electrons. The SMILES string of the molecule is COC(=O)[C@@H]1Cc2cnc(SC)nc2CS1. The molecule has 1 atom stereocenters. The molecule has 1 aromatic rings. The molecule has 2 heterocycles. The predicted octanol–water partition coefficient (Wildman–Crippen LogP) is 1.53. The smallest absolute Gasteiger partial charge is 0.319 e. The van der Waals surface area contributed by atoms with Crippen LogP contribution in [-0.2, 0) is 21.7 Å². The van der Waals surface area contributed by atoms with Gasteiger partial charge in [-0.3, -0.25) is 4.79 Å². The first-order chi connectivity index (χ1) is 7.74. The van der Waals surface area contributed by atoms with Gasteiger partial charge < -0.3 is 4.74 Å². The Balaban J connectivity index is 2.18. The lowest BCUT2D eigenvalue weighted by atomic mass is 10.1. The largest absolute Gasteiger partial charge is 0.468 e. The van der Waals surface area contributed by atoms with Gasteiger partial charge in [0.25, 0.3) is 0 Å². The monoisotopic (exact) mass is 256 g/mol. The van der Waals surface area contributed by atoms with E-state index in [1.54, 1.807) is 11.8 Å². The number of carbonyl (C=O) groups excluding carboxylic acids is 1.